The van der Waals surface area contributed by atoms with Gasteiger partial charge < -0.3 is 4.74 Å². The Morgan fingerprint density at radius 3 is 2.22 bits per heavy atom. The van der Waals surface area contributed by atoms with Gasteiger partial charge in [-0.3, -0.25) is 10.2 Å². The fourth-order valence-electron chi connectivity index (χ4n) is 2.01. The number of rotatable bonds is 5. The predicted octanol–water partition coefficient (Wildman–Crippen LogP) is 4.42. The predicted molar refractivity (Wildman–Crippen MR) is 96.5 cm³/mol. The standard InChI is InChI=1S/C18H20N2O2S/c1-12-6-5-7-13(2)17(12)23-18(14(3)21)20-19-15-8-10-16(22-4)11-9-15/h5-11,19H,1-4H3/b20-18+. The van der Waals surface area contributed by atoms with Gasteiger partial charge in [0.25, 0.3) is 0 Å². The maximum absolute atomic E-state index is 11.9. The van der Waals surface area contributed by atoms with E-state index in [-0.39, 0.29) is 5.78 Å². The van der Waals surface area contributed by atoms with Crippen LogP contribution in [-0.2, 0) is 4.79 Å². The highest BCUT2D eigenvalue weighted by atomic mass is 32.2. The Bertz CT molecular complexity index is 704. The van der Waals surface area contributed by atoms with E-state index in [9.17, 15) is 4.79 Å². The van der Waals surface area contributed by atoms with Crippen LogP contribution < -0.4 is 10.2 Å². The molecule has 0 atom stereocenters. The van der Waals surface area contributed by atoms with Crippen LogP contribution in [0.5, 0.6) is 5.75 Å². The maximum Gasteiger partial charge on any atom is 0.186 e. The molecule has 4 nitrogen and oxygen atoms in total. The monoisotopic (exact) mass is 328 g/mol. The average molecular weight is 328 g/mol. The number of carbonyl (C=O) groups is 1. The number of ether oxygens (including phenoxy) is 1. The van der Waals surface area contributed by atoms with E-state index in [1.807, 2.05) is 56.3 Å². The van der Waals surface area contributed by atoms with Crippen LogP contribution >= 0.6 is 11.8 Å². The normalized spacial score (nSPS) is 11.2. The van der Waals surface area contributed by atoms with Gasteiger partial charge >= 0.3 is 0 Å². The zero-order valence-corrected chi connectivity index (χ0v) is 14.5. The van der Waals surface area contributed by atoms with Crippen molar-refractivity contribution in [2.24, 2.45) is 5.10 Å². The molecule has 2 rings (SSSR count). The third kappa shape index (κ3) is 4.60. The molecule has 5 heteroatoms. The van der Waals surface area contributed by atoms with Crippen molar-refractivity contribution in [2.45, 2.75) is 25.7 Å². The summed E-state index contributed by atoms with van der Waals surface area (Å²) in [4.78, 5) is 12.9. The molecule has 0 bridgehead atoms. The van der Waals surface area contributed by atoms with E-state index in [1.54, 1.807) is 7.11 Å². The molecule has 0 aliphatic carbocycles. The number of methoxy groups -OCH3 is 1. The lowest BCUT2D eigenvalue weighted by Gasteiger charge is -2.10. The molecule has 0 saturated carbocycles. The summed E-state index contributed by atoms with van der Waals surface area (Å²) in [6, 6.07) is 13.4. The Labute approximate surface area is 140 Å². The third-order valence-corrected chi connectivity index (χ3v) is 4.71. The van der Waals surface area contributed by atoms with Crippen molar-refractivity contribution in [2.75, 3.05) is 12.5 Å². The van der Waals surface area contributed by atoms with Gasteiger partial charge in [0.2, 0.25) is 0 Å². The Morgan fingerprint density at radius 2 is 1.70 bits per heavy atom. The lowest BCUT2D eigenvalue weighted by atomic mass is 10.2. The number of anilines is 1. The van der Waals surface area contributed by atoms with Crippen molar-refractivity contribution in [3.8, 4) is 5.75 Å². The fraction of sp³-hybridized carbons (Fsp3) is 0.222. The molecule has 23 heavy (non-hydrogen) atoms. The first-order valence-electron chi connectivity index (χ1n) is 7.24. The van der Waals surface area contributed by atoms with Crippen LogP contribution in [0.3, 0.4) is 0 Å². The quantitative estimate of drug-likeness (QED) is 0.382. The van der Waals surface area contributed by atoms with Gasteiger partial charge in [-0.05, 0) is 49.2 Å². The van der Waals surface area contributed by atoms with Crippen molar-refractivity contribution in [3.63, 3.8) is 0 Å². The molecule has 0 amide bonds. The summed E-state index contributed by atoms with van der Waals surface area (Å²) in [5.41, 5.74) is 5.99. The van der Waals surface area contributed by atoms with Gasteiger partial charge in [0.15, 0.2) is 10.8 Å². The summed E-state index contributed by atoms with van der Waals surface area (Å²) in [7, 11) is 1.62. The van der Waals surface area contributed by atoms with E-state index < -0.39 is 0 Å². The smallest absolute Gasteiger partial charge is 0.186 e. The molecule has 0 aliphatic heterocycles. The van der Waals surface area contributed by atoms with Gasteiger partial charge in [-0.1, -0.05) is 30.0 Å². The van der Waals surface area contributed by atoms with Crippen LogP contribution in [0.4, 0.5) is 5.69 Å². The number of hydrazone groups is 1. The van der Waals surface area contributed by atoms with Crippen LogP contribution in [-0.4, -0.2) is 17.9 Å². The highest BCUT2D eigenvalue weighted by Crippen LogP contribution is 2.28. The van der Waals surface area contributed by atoms with E-state index in [2.05, 4.69) is 10.5 Å². The van der Waals surface area contributed by atoms with Crippen molar-refractivity contribution < 1.29 is 9.53 Å². The summed E-state index contributed by atoms with van der Waals surface area (Å²) in [5.74, 6) is 0.704. The van der Waals surface area contributed by atoms with Gasteiger partial charge in [-0.15, -0.1) is 0 Å². The molecular formula is C18H20N2O2S. The SMILES string of the molecule is COc1ccc(N/N=C(/Sc2c(C)cccc2C)C(C)=O)cc1. The van der Waals surface area contributed by atoms with E-state index in [4.69, 9.17) is 4.74 Å². The number of hydrogen-bond donors (Lipinski definition) is 1. The van der Waals surface area contributed by atoms with E-state index >= 15 is 0 Å². The van der Waals surface area contributed by atoms with Crippen LogP contribution in [0.1, 0.15) is 18.1 Å². The van der Waals surface area contributed by atoms with Crippen LogP contribution in [0, 0.1) is 13.8 Å². The minimum atomic E-state index is -0.0707. The van der Waals surface area contributed by atoms with Gasteiger partial charge in [-0.25, -0.2) is 0 Å². The number of thioether (sulfide) groups is 1. The summed E-state index contributed by atoms with van der Waals surface area (Å²) < 4.78 is 5.12. The average Bonchev–Trinajstić information content (AvgIpc) is 2.54. The van der Waals surface area contributed by atoms with E-state index in [0.717, 1.165) is 27.5 Å². The zero-order valence-electron chi connectivity index (χ0n) is 13.7. The molecule has 2 aromatic rings. The Morgan fingerprint density at radius 1 is 1.09 bits per heavy atom. The van der Waals surface area contributed by atoms with Crippen molar-refractivity contribution in [1.82, 2.24) is 0 Å². The molecule has 0 aliphatic rings. The number of nitrogens with one attached hydrogen (secondary N) is 1. The second kappa shape index (κ2) is 7.83. The van der Waals surface area contributed by atoms with Gasteiger partial charge in [0.1, 0.15) is 5.75 Å². The Kier molecular flexibility index (Phi) is 5.82. The first kappa shape index (κ1) is 17.1. The lowest BCUT2D eigenvalue weighted by molar-refractivity contribution is -0.110. The fourth-order valence-corrected chi connectivity index (χ4v) is 2.90. The van der Waals surface area contributed by atoms with Crippen molar-refractivity contribution >= 4 is 28.3 Å². The topological polar surface area (TPSA) is 50.7 Å². The Hall–Kier alpha value is -2.27. The molecule has 120 valence electrons. The summed E-state index contributed by atoms with van der Waals surface area (Å²) in [5, 5.41) is 4.69. The first-order chi connectivity index (χ1) is 11.0. The maximum atomic E-state index is 11.9. The first-order valence-corrected chi connectivity index (χ1v) is 8.05. The highest BCUT2D eigenvalue weighted by Gasteiger charge is 2.12. The molecule has 0 saturated heterocycles. The summed E-state index contributed by atoms with van der Waals surface area (Å²) >= 11 is 1.39. The second-order valence-electron chi connectivity index (χ2n) is 5.14. The molecule has 0 unspecified atom stereocenters. The second-order valence-corrected chi connectivity index (χ2v) is 6.14. The van der Waals surface area contributed by atoms with Gasteiger partial charge in [0.05, 0.1) is 12.8 Å². The molecule has 0 spiro atoms. The highest BCUT2D eigenvalue weighted by molar-refractivity contribution is 8.15. The number of ketones is 1. The van der Waals surface area contributed by atoms with Gasteiger partial charge in [0, 0.05) is 11.8 Å². The third-order valence-electron chi connectivity index (χ3n) is 3.29. The number of aryl methyl sites for hydroxylation is 2. The Balaban J connectivity index is 2.19. The molecule has 2 aromatic carbocycles. The minimum Gasteiger partial charge on any atom is -0.497 e. The zero-order chi connectivity index (χ0) is 16.8. The summed E-state index contributed by atoms with van der Waals surface area (Å²) in [6.45, 7) is 5.59. The number of nitrogens with zero attached hydrogens (tertiary/aromatic N) is 1. The lowest BCUT2D eigenvalue weighted by Crippen LogP contribution is -2.08. The van der Waals surface area contributed by atoms with E-state index in [1.165, 1.54) is 18.7 Å². The van der Waals surface area contributed by atoms with Crippen LogP contribution in [0.2, 0.25) is 0 Å². The van der Waals surface area contributed by atoms with Gasteiger partial charge in [-0.2, -0.15) is 5.10 Å². The molecule has 0 aromatic heterocycles. The molecule has 0 fully saturated rings. The van der Waals surface area contributed by atoms with Crippen LogP contribution in [0.15, 0.2) is 52.5 Å². The van der Waals surface area contributed by atoms with Crippen LogP contribution in [0.25, 0.3) is 0 Å². The number of benzene rings is 2. The largest absolute Gasteiger partial charge is 0.497 e. The molecular weight excluding hydrogens is 308 g/mol. The molecule has 1 N–H and O–H groups in total. The van der Waals surface area contributed by atoms with Crippen molar-refractivity contribution in [1.29, 1.82) is 0 Å². The number of carbonyl (C=O) groups excluding carboxylic acids is 1. The van der Waals surface area contributed by atoms with E-state index in [0.29, 0.717) is 5.04 Å². The number of Topliss-reactive ketones (excluding diaryl/α,β-unsaturated/α-hetero) is 1. The molecule has 0 radical (unpaired) electrons. The summed E-state index contributed by atoms with van der Waals surface area (Å²) in [6.07, 6.45) is 0. The molecule has 0 heterocycles. The number of hydrogen-bond acceptors (Lipinski definition) is 5. The minimum absolute atomic E-state index is 0.0707. The van der Waals surface area contributed by atoms with Crippen molar-refractivity contribution in [3.05, 3.63) is 53.6 Å².